The second-order valence-electron chi connectivity index (χ2n) is 20.8. The van der Waals surface area contributed by atoms with Crippen LogP contribution >= 0.6 is 0 Å². The number of fused-ring (bicyclic) bond motifs is 8. The topological polar surface area (TPSA) is 112 Å². The summed E-state index contributed by atoms with van der Waals surface area (Å²) < 4.78 is 24.4. The molecule has 404 valence electrons. The standard InChI is InChI=1S/C66H92O8/c1-7-13-17-21-25-29-49-37-53-45-57-41-51(31-27-23-19-15-9-3)43-59(65(57)73-35-33-71-61(67)11-5)47-55-39-50(30-26-22-18-14-8-2)40-56(64(55)70)48-60-44-52(32-28-24-20-16-10-4)42-58(46-54(38-49)63(53)69)66(60)74-36-34-72-62(68)12-6/h11-12,37-44,69-70H,5-10,13-36,45-48H2,1-4H3. The predicted molar refractivity (Wildman–Crippen MR) is 303 cm³/mol. The van der Waals surface area contributed by atoms with Gasteiger partial charge < -0.3 is 29.2 Å². The second-order valence-corrected chi connectivity index (χ2v) is 20.8. The van der Waals surface area contributed by atoms with Crippen molar-refractivity contribution in [2.75, 3.05) is 26.4 Å². The Morgan fingerprint density at radius 1 is 0.392 bits per heavy atom. The predicted octanol–water partition coefficient (Wildman–Crippen LogP) is 16.0. The number of phenols is 2. The highest BCUT2D eigenvalue weighted by molar-refractivity contribution is 5.81. The number of carbonyl (C=O) groups is 2. The SMILES string of the molecule is C=CC(=O)OCCOc1c2cc(CCCCCCC)cc1Cc1cc(CCCCCCC)cc(c1O)Cc1cc(CCCCCCC)cc(c1OCCOC(=O)C=C)Cc1cc(CCCCCCC)cc(c1O)C2. The van der Waals surface area contributed by atoms with Crippen molar-refractivity contribution in [3.05, 3.63) is 141 Å². The average molecular weight is 1010 g/mol. The van der Waals surface area contributed by atoms with E-state index in [4.69, 9.17) is 18.9 Å². The Hall–Kier alpha value is -5.50. The molecule has 8 bridgehead atoms. The number of unbranched alkanes of at least 4 members (excludes halogenated alkanes) is 16. The minimum absolute atomic E-state index is 0.0499. The zero-order valence-corrected chi connectivity index (χ0v) is 46.2. The van der Waals surface area contributed by atoms with Gasteiger partial charge in [-0.3, -0.25) is 0 Å². The van der Waals surface area contributed by atoms with Gasteiger partial charge in [0.1, 0.15) is 49.4 Å². The van der Waals surface area contributed by atoms with Gasteiger partial charge in [-0.25, -0.2) is 9.59 Å². The van der Waals surface area contributed by atoms with Crippen molar-refractivity contribution < 1.29 is 38.7 Å². The van der Waals surface area contributed by atoms with Crippen molar-refractivity contribution >= 4 is 11.9 Å². The Morgan fingerprint density at radius 2 is 0.635 bits per heavy atom. The summed E-state index contributed by atoms with van der Waals surface area (Å²) in [6.07, 6.45) is 30.7. The third-order valence-corrected chi connectivity index (χ3v) is 14.5. The molecule has 0 unspecified atom stereocenters. The molecule has 0 fully saturated rings. The Kier molecular flexibility index (Phi) is 26.8. The number of aromatic hydroxyl groups is 2. The van der Waals surface area contributed by atoms with Gasteiger partial charge in [0.2, 0.25) is 0 Å². The molecule has 0 amide bonds. The van der Waals surface area contributed by atoms with Crippen LogP contribution in [0, 0.1) is 0 Å². The summed E-state index contributed by atoms with van der Waals surface area (Å²) in [4.78, 5) is 24.4. The molecule has 0 atom stereocenters. The molecule has 4 aromatic carbocycles. The third-order valence-electron chi connectivity index (χ3n) is 14.5. The molecular weight excluding hydrogens is 921 g/mol. The number of phenolic OH excluding ortho intramolecular Hbond substituents is 2. The van der Waals surface area contributed by atoms with Gasteiger partial charge in [0.05, 0.1) is 0 Å². The maximum absolute atomic E-state index is 12.7. The van der Waals surface area contributed by atoms with Gasteiger partial charge in [0.15, 0.2) is 0 Å². The lowest BCUT2D eigenvalue weighted by Gasteiger charge is -2.23. The molecule has 74 heavy (non-hydrogen) atoms. The Bertz CT molecular complexity index is 2110. The van der Waals surface area contributed by atoms with Crippen LogP contribution in [0.1, 0.15) is 223 Å². The molecule has 1 aliphatic carbocycles. The number of esters is 2. The van der Waals surface area contributed by atoms with Gasteiger partial charge >= 0.3 is 11.9 Å². The maximum atomic E-state index is 12.7. The highest BCUT2D eigenvalue weighted by Gasteiger charge is 2.24. The molecule has 0 aromatic heterocycles. The van der Waals surface area contributed by atoms with E-state index in [0.717, 1.165) is 134 Å². The van der Waals surface area contributed by atoms with E-state index in [0.29, 0.717) is 37.2 Å². The minimum Gasteiger partial charge on any atom is -0.507 e. The van der Waals surface area contributed by atoms with Crippen molar-refractivity contribution in [2.45, 2.75) is 207 Å². The molecule has 0 saturated carbocycles. The highest BCUT2D eigenvalue weighted by Crippen LogP contribution is 2.41. The normalized spacial score (nSPS) is 12.1. The van der Waals surface area contributed by atoms with E-state index >= 15 is 0 Å². The number of ether oxygens (including phenoxy) is 4. The van der Waals surface area contributed by atoms with Crippen molar-refractivity contribution in [3.63, 3.8) is 0 Å². The lowest BCUT2D eigenvalue weighted by atomic mass is 9.87. The summed E-state index contributed by atoms with van der Waals surface area (Å²) in [5.74, 6) is 0.895. The number of hydrogen-bond acceptors (Lipinski definition) is 8. The van der Waals surface area contributed by atoms with Crippen LogP contribution in [0.4, 0.5) is 0 Å². The van der Waals surface area contributed by atoms with Crippen molar-refractivity contribution in [1.82, 2.24) is 0 Å². The lowest BCUT2D eigenvalue weighted by Crippen LogP contribution is -2.14. The first-order valence-corrected chi connectivity index (χ1v) is 28.9. The fourth-order valence-electron chi connectivity index (χ4n) is 10.6. The molecule has 0 spiro atoms. The van der Waals surface area contributed by atoms with Crippen LogP contribution in [0.2, 0.25) is 0 Å². The van der Waals surface area contributed by atoms with Crippen LogP contribution in [0.15, 0.2) is 73.8 Å². The quantitative estimate of drug-likeness (QED) is 0.0238. The molecule has 8 nitrogen and oxygen atoms in total. The van der Waals surface area contributed by atoms with Gasteiger partial charge in [0, 0.05) is 37.8 Å². The van der Waals surface area contributed by atoms with Crippen LogP contribution in [0.3, 0.4) is 0 Å². The first kappa shape index (κ1) is 59.4. The van der Waals surface area contributed by atoms with Crippen LogP contribution < -0.4 is 9.47 Å². The molecule has 8 heteroatoms. The molecule has 2 N–H and O–H groups in total. The summed E-state index contributed by atoms with van der Waals surface area (Å²) in [6.45, 7) is 16.5. The Balaban J connectivity index is 1.78. The summed E-state index contributed by atoms with van der Waals surface area (Å²) in [7, 11) is 0. The van der Waals surface area contributed by atoms with Gasteiger partial charge in [-0.15, -0.1) is 0 Å². The zero-order valence-electron chi connectivity index (χ0n) is 46.2. The van der Waals surface area contributed by atoms with Gasteiger partial charge in [-0.2, -0.15) is 0 Å². The molecule has 4 aromatic rings. The van der Waals surface area contributed by atoms with Crippen molar-refractivity contribution in [3.8, 4) is 23.0 Å². The lowest BCUT2D eigenvalue weighted by molar-refractivity contribution is -0.139. The molecule has 0 heterocycles. The third kappa shape index (κ3) is 19.6. The van der Waals surface area contributed by atoms with Crippen molar-refractivity contribution in [2.24, 2.45) is 0 Å². The fraction of sp³-hybridized carbons (Fsp3) is 0.545. The molecule has 0 saturated heterocycles. The molecule has 0 radical (unpaired) electrons. The molecular formula is C66H92O8. The number of benzene rings is 4. The average Bonchev–Trinajstić information content (AvgIpc) is 3.39. The second kappa shape index (κ2) is 33.4. The van der Waals surface area contributed by atoms with Crippen LogP contribution in [0.5, 0.6) is 23.0 Å². The first-order valence-electron chi connectivity index (χ1n) is 28.9. The number of hydrogen-bond donors (Lipinski definition) is 2. The van der Waals surface area contributed by atoms with Crippen LogP contribution in [0.25, 0.3) is 0 Å². The minimum atomic E-state index is -0.504. The Morgan fingerprint density at radius 3 is 0.878 bits per heavy atom. The summed E-state index contributed by atoms with van der Waals surface area (Å²) >= 11 is 0. The van der Waals surface area contributed by atoms with E-state index in [1.54, 1.807) is 0 Å². The van der Waals surface area contributed by atoms with E-state index in [9.17, 15) is 19.8 Å². The molecule has 5 rings (SSSR count). The van der Waals surface area contributed by atoms with Gasteiger partial charge in [-0.1, -0.05) is 192 Å². The fourth-order valence-corrected chi connectivity index (χ4v) is 10.6. The van der Waals surface area contributed by atoms with E-state index in [-0.39, 0.29) is 37.9 Å². The first-order chi connectivity index (χ1) is 36.1. The maximum Gasteiger partial charge on any atom is 0.330 e. The largest absolute Gasteiger partial charge is 0.507 e. The number of carbonyl (C=O) groups excluding carboxylic acids is 2. The zero-order chi connectivity index (χ0) is 52.9. The van der Waals surface area contributed by atoms with Gasteiger partial charge in [-0.05, 0) is 118 Å². The number of rotatable bonds is 34. The van der Waals surface area contributed by atoms with Crippen LogP contribution in [-0.2, 0) is 70.4 Å². The van der Waals surface area contributed by atoms with E-state index in [1.165, 1.54) is 99.3 Å². The molecule has 0 aliphatic heterocycles. The molecule has 1 aliphatic rings. The monoisotopic (exact) mass is 1010 g/mol. The van der Waals surface area contributed by atoms with E-state index < -0.39 is 11.9 Å². The Labute approximate surface area is 446 Å². The summed E-state index contributed by atoms with van der Waals surface area (Å²) in [6, 6.07) is 17.8. The smallest absolute Gasteiger partial charge is 0.330 e. The highest BCUT2D eigenvalue weighted by atomic mass is 16.6. The van der Waals surface area contributed by atoms with Gasteiger partial charge in [0.25, 0.3) is 0 Å². The van der Waals surface area contributed by atoms with E-state index in [1.807, 2.05) is 0 Å². The number of aryl methyl sites for hydroxylation is 4. The summed E-state index contributed by atoms with van der Waals surface area (Å²) in [5.41, 5.74) is 11.9. The van der Waals surface area contributed by atoms with Crippen LogP contribution in [-0.4, -0.2) is 48.6 Å². The van der Waals surface area contributed by atoms with Crippen molar-refractivity contribution in [1.29, 1.82) is 0 Å². The van der Waals surface area contributed by atoms with E-state index in [2.05, 4.69) is 89.4 Å². The summed E-state index contributed by atoms with van der Waals surface area (Å²) in [5, 5.41) is 25.4.